The first-order valence-electron chi connectivity index (χ1n) is 10.1. The van der Waals surface area contributed by atoms with Crippen molar-refractivity contribution in [1.29, 1.82) is 0 Å². The van der Waals surface area contributed by atoms with Crippen molar-refractivity contribution in [2.24, 2.45) is 11.8 Å². The summed E-state index contributed by atoms with van der Waals surface area (Å²) in [5, 5.41) is 9.96. The summed E-state index contributed by atoms with van der Waals surface area (Å²) in [5.41, 5.74) is 1.74. The molecule has 1 aliphatic heterocycles. The standard InChI is InChI=1S/C21H31N3O3/c1-27-21(26)17-4-8-19(9-5-17)24-20(25)16-2-6-18(7-3-16)23-14-15-10-12-22-13-11-15/h2-3,6-7,15,17,19,22-23H,4-5,8-14H2,1H3,(H,24,25). The number of nitrogens with one attached hydrogen (secondary N) is 3. The fraction of sp³-hybridized carbons (Fsp3) is 0.619. The molecular formula is C21H31N3O3. The van der Waals surface area contributed by atoms with E-state index >= 15 is 0 Å². The maximum Gasteiger partial charge on any atom is 0.308 e. The van der Waals surface area contributed by atoms with E-state index in [-0.39, 0.29) is 23.8 Å². The molecule has 2 aliphatic rings. The minimum absolute atomic E-state index is 0.0199. The Hall–Kier alpha value is -2.08. The molecule has 0 atom stereocenters. The Morgan fingerprint density at radius 2 is 1.70 bits per heavy atom. The van der Waals surface area contributed by atoms with Crippen LogP contribution >= 0.6 is 0 Å². The molecule has 0 spiro atoms. The Kier molecular flexibility index (Phi) is 7.10. The zero-order valence-electron chi connectivity index (χ0n) is 16.1. The molecule has 6 heteroatoms. The molecule has 3 N–H and O–H groups in total. The van der Waals surface area contributed by atoms with Crippen molar-refractivity contribution in [3.05, 3.63) is 29.8 Å². The van der Waals surface area contributed by atoms with Crippen molar-refractivity contribution in [3.63, 3.8) is 0 Å². The third-order valence-electron chi connectivity index (χ3n) is 5.80. The molecule has 1 aliphatic carbocycles. The third-order valence-corrected chi connectivity index (χ3v) is 5.80. The first-order valence-corrected chi connectivity index (χ1v) is 10.1. The zero-order chi connectivity index (χ0) is 19.1. The zero-order valence-corrected chi connectivity index (χ0v) is 16.1. The van der Waals surface area contributed by atoms with Gasteiger partial charge in [-0.15, -0.1) is 0 Å². The van der Waals surface area contributed by atoms with E-state index in [9.17, 15) is 9.59 Å². The van der Waals surface area contributed by atoms with Crippen molar-refractivity contribution in [3.8, 4) is 0 Å². The summed E-state index contributed by atoms with van der Waals surface area (Å²) in [6.45, 7) is 3.19. The molecule has 1 aromatic carbocycles. The number of methoxy groups -OCH3 is 1. The van der Waals surface area contributed by atoms with Gasteiger partial charge in [0.1, 0.15) is 0 Å². The van der Waals surface area contributed by atoms with Gasteiger partial charge in [-0.3, -0.25) is 9.59 Å². The summed E-state index contributed by atoms with van der Waals surface area (Å²) in [4.78, 5) is 24.1. The molecule has 1 heterocycles. The number of rotatable bonds is 6. The van der Waals surface area contributed by atoms with Crippen LogP contribution in [0.2, 0.25) is 0 Å². The van der Waals surface area contributed by atoms with Crippen LogP contribution in [0.4, 0.5) is 5.69 Å². The average molecular weight is 373 g/mol. The van der Waals surface area contributed by atoms with Crippen LogP contribution < -0.4 is 16.0 Å². The van der Waals surface area contributed by atoms with Crippen molar-refractivity contribution in [1.82, 2.24) is 10.6 Å². The number of hydrogen-bond donors (Lipinski definition) is 3. The highest BCUT2D eigenvalue weighted by atomic mass is 16.5. The van der Waals surface area contributed by atoms with Gasteiger partial charge in [0.2, 0.25) is 0 Å². The molecule has 1 amide bonds. The van der Waals surface area contributed by atoms with E-state index in [1.807, 2.05) is 24.3 Å². The fourth-order valence-corrected chi connectivity index (χ4v) is 4.00. The summed E-state index contributed by atoms with van der Waals surface area (Å²) in [6, 6.07) is 7.84. The molecule has 0 bridgehead atoms. The van der Waals surface area contributed by atoms with Crippen LogP contribution in [0.5, 0.6) is 0 Å². The lowest BCUT2D eigenvalue weighted by molar-refractivity contribution is -0.146. The van der Waals surface area contributed by atoms with Crippen molar-refractivity contribution in [2.75, 3.05) is 32.1 Å². The SMILES string of the molecule is COC(=O)C1CCC(NC(=O)c2ccc(NCC3CCNCC3)cc2)CC1. The number of ether oxygens (including phenoxy) is 1. The molecule has 1 aromatic rings. The second-order valence-electron chi connectivity index (χ2n) is 7.70. The minimum Gasteiger partial charge on any atom is -0.469 e. The van der Waals surface area contributed by atoms with E-state index in [2.05, 4.69) is 16.0 Å². The Morgan fingerprint density at radius 3 is 2.33 bits per heavy atom. The fourth-order valence-electron chi connectivity index (χ4n) is 4.00. The predicted molar refractivity (Wildman–Crippen MR) is 106 cm³/mol. The van der Waals surface area contributed by atoms with Gasteiger partial charge in [-0.1, -0.05) is 0 Å². The van der Waals surface area contributed by atoms with Gasteiger partial charge in [0.15, 0.2) is 0 Å². The van der Waals surface area contributed by atoms with Crippen molar-refractivity contribution >= 4 is 17.6 Å². The van der Waals surface area contributed by atoms with Gasteiger partial charge in [0.05, 0.1) is 13.0 Å². The summed E-state index contributed by atoms with van der Waals surface area (Å²) >= 11 is 0. The maximum atomic E-state index is 12.5. The number of esters is 1. The van der Waals surface area contributed by atoms with E-state index in [1.54, 1.807) is 0 Å². The number of carbonyl (C=O) groups is 2. The monoisotopic (exact) mass is 373 g/mol. The lowest BCUT2D eigenvalue weighted by atomic mass is 9.86. The summed E-state index contributed by atoms with van der Waals surface area (Å²) in [7, 11) is 1.43. The quantitative estimate of drug-likeness (QED) is 0.668. The topological polar surface area (TPSA) is 79.5 Å². The first kappa shape index (κ1) is 19.7. The normalized spacial score (nSPS) is 23.4. The van der Waals surface area contributed by atoms with E-state index in [0.29, 0.717) is 11.5 Å². The molecule has 0 unspecified atom stereocenters. The van der Waals surface area contributed by atoms with E-state index < -0.39 is 0 Å². The van der Waals surface area contributed by atoms with Gasteiger partial charge in [-0.25, -0.2) is 0 Å². The number of anilines is 1. The highest BCUT2D eigenvalue weighted by Crippen LogP contribution is 2.25. The molecular weight excluding hydrogens is 342 g/mol. The van der Waals surface area contributed by atoms with E-state index in [1.165, 1.54) is 20.0 Å². The Balaban J connectivity index is 1.43. The van der Waals surface area contributed by atoms with Crippen molar-refractivity contribution in [2.45, 2.75) is 44.6 Å². The van der Waals surface area contributed by atoms with E-state index in [0.717, 1.165) is 51.0 Å². The largest absolute Gasteiger partial charge is 0.469 e. The second-order valence-corrected chi connectivity index (χ2v) is 7.70. The summed E-state index contributed by atoms with van der Waals surface area (Å²) in [6.07, 6.45) is 5.62. The predicted octanol–water partition coefficient (Wildman–Crippen LogP) is 2.56. The molecule has 1 saturated heterocycles. The third kappa shape index (κ3) is 5.70. The number of benzene rings is 1. The second kappa shape index (κ2) is 9.74. The molecule has 1 saturated carbocycles. The average Bonchev–Trinajstić information content (AvgIpc) is 2.73. The molecule has 27 heavy (non-hydrogen) atoms. The van der Waals surface area contributed by atoms with Gasteiger partial charge in [-0.05, 0) is 81.8 Å². The molecule has 2 fully saturated rings. The number of amides is 1. The lowest BCUT2D eigenvalue weighted by Crippen LogP contribution is -2.38. The highest BCUT2D eigenvalue weighted by Gasteiger charge is 2.27. The summed E-state index contributed by atoms with van der Waals surface area (Å²) < 4.78 is 4.81. The van der Waals surface area contributed by atoms with Crippen LogP contribution in [0, 0.1) is 11.8 Å². The molecule has 148 valence electrons. The van der Waals surface area contributed by atoms with Crippen LogP contribution in [-0.4, -0.2) is 44.7 Å². The minimum atomic E-state index is -0.132. The number of carbonyl (C=O) groups excluding carboxylic acids is 2. The van der Waals surface area contributed by atoms with Crippen LogP contribution in [-0.2, 0) is 9.53 Å². The van der Waals surface area contributed by atoms with Crippen LogP contribution in [0.1, 0.15) is 48.9 Å². The van der Waals surface area contributed by atoms with Gasteiger partial charge in [-0.2, -0.15) is 0 Å². The van der Waals surface area contributed by atoms with Crippen molar-refractivity contribution < 1.29 is 14.3 Å². The Bertz CT molecular complexity index is 618. The van der Waals surface area contributed by atoms with Gasteiger partial charge < -0.3 is 20.7 Å². The van der Waals surface area contributed by atoms with E-state index in [4.69, 9.17) is 4.74 Å². The Morgan fingerprint density at radius 1 is 1.04 bits per heavy atom. The smallest absolute Gasteiger partial charge is 0.308 e. The molecule has 6 nitrogen and oxygen atoms in total. The van der Waals surface area contributed by atoms with Gasteiger partial charge in [0, 0.05) is 23.8 Å². The lowest BCUT2D eigenvalue weighted by Gasteiger charge is -2.27. The molecule has 0 aromatic heterocycles. The van der Waals surface area contributed by atoms with Gasteiger partial charge >= 0.3 is 5.97 Å². The van der Waals surface area contributed by atoms with Gasteiger partial charge in [0.25, 0.3) is 5.91 Å². The highest BCUT2D eigenvalue weighted by molar-refractivity contribution is 5.94. The van der Waals surface area contributed by atoms with Crippen LogP contribution in [0.15, 0.2) is 24.3 Å². The first-order chi connectivity index (χ1) is 13.2. The van der Waals surface area contributed by atoms with Crippen LogP contribution in [0.3, 0.4) is 0 Å². The Labute approximate surface area is 161 Å². The molecule has 3 rings (SSSR count). The number of piperidine rings is 1. The maximum absolute atomic E-state index is 12.5. The van der Waals surface area contributed by atoms with Crippen LogP contribution in [0.25, 0.3) is 0 Å². The number of hydrogen-bond acceptors (Lipinski definition) is 5. The summed E-state index contributed by atoms with van der Waals surface area (Å²) in [5.74, 6) is 0.525. The molecule has 0 radical (unpaired) electrons.